The molecule has 2 atom stereocenters. The van der Waals surface area contributed by atoms with Crippen molar-refractivity contribution in [1.82, 2.24) is 14.6 Å². The predicted octanol–water partition coefficient (Wildman–Crippen LogP) is 2.56. The van der Waals surface area contributed by atoms with Crippen molar-refractivity contribution in [3.05, 3.63) is 93.3 Å². The van der Waals surface area contributed by atoms with Gasteiger partial charge in [0.1, 0.15) is 0 Å². The predicted molar refractivity (Wildman–Crippen MR) is 136 cm³/mol. The summed E-state index contributed by atoms with van der Waals surface area (Å²) in [5.41, 5.74) is -0.375. The van der Waals surface area contributed by atoms with Crippen molar-refractivity contribution in [3.8, 4) is 0 Å². The van der Waals surface area contributed by atoms with Crippen LogP contribution >= 0.6 is 0 Å². The number of likely N-dealkylation sites (N-methyl/N-ethyl adjacent to an activating group) is 1. The Bertz CT molecular complexity index is 1200. The maximum Gasteiger partial charge on any atom is 0.330 e. The van der Waals surface area contributed by atoms with E-state index in [4.69, 9.17) is 9.26 Å². The Morgan fingerprint density at radius 3 is 2.12 bits per heavy atom. The Labute approximate surface area is 201 Å². The van der Waals surface area contributed by atoms with Crippen molar-refractivity contribution in [2.24, 2.45) is 0 Å². The summed E-state index contributed by atoms with van der Waals surface area (Å²) < 4.78 is 8.50. The lowest BCUT2D eigenvalue weighted by Gasteiger charge is -2.43. The summed E-state index contributed by atoms with van der Waals surface area (Å²) in [6, 6.07) is 21.0. The Balaban J connectivity index is 1.66. The minimum absolute atomic E-state index is 0.0502. The van der Waals surface area contributed by atoms with Crippen molar-refractivity contribution < 1.29 is 9.26 Å². The molecule has 1 saturated heterocycles. The summed E-state index contributed by atoms with van der Waals surface area (Å²) in [7, 11) is -0.809. The molecule has 1 aliphatic heterocycles. The van der Waals surface area contributed by atoms with E-state index < -0.39 is 20.2 Å². The minimum Gasteiger partial charge on any atom is -0.406 e. The third-order valence-corrected chi connectivity index (χ3v) is 11.6. The summed E-state index contributed by atoms with van der Waals surface area (Å²) in [5.74, 6) is 0. The summed E-state index contributed by atoms with van der Waals surface area (Å²) in [4.78, 5) is 32.5. The molecule has 0 aliphatic carbocycles. The number of hydroxylamine groups is 2. The topological polar surface area (TPSA) is 76.6 Å². The van der Waals surface area contributed by atoms with Crippen LogP contribution in [0, 0.1) is 6.92 Å². The molecule has 0 spiro atoms. The van der Waals surface area contributed by atoms with Gasteiger partial charge in [0, 0.05) is 25.2 Å². The van der Waals surface area contributed by atoms with Gasteiger partial charge in [0.15, 0.2) is 6.23 Å². The first-order valence-electron chi connectivity index (χ1n) is 11.6. The number of rotatable bonds is 6. The van der Waals surface area contributed by atoms with E-state index in [1.54, 1.807) is 18.2 Å². The number of hydrogen-bond donors (Lipinski definition) is 1. The third-order valence-electron chi connectivity index (χ3n) is 6.64. The highest BCUT2D eigenvalue weighted by atomic mass is 28.4. The quantitative estimate of drug-likeness (QED) is 0.550. The number of H-pyrrole nitrogens is 1. The second-order valence-corrected chi connectivity index (χ2v) is 14.3. The molecular formula is C26H33N3O4Si. The summed E-state index contributed by atoms with van der Waals surface area (Å²) >= 11 is 0. The van der Waals surface area contributed by atoms with Crippen LogP contribution in [-0.4, -0.2) is 42.6 Å². The van der Waals surface area contributed by atoms with Crippen molar-refractivity contribution >= 4 is 18.7 Å². The molecule has 8 heteroatoms. The standard InChI is InChI=1S/C26H33N3O4Si/c1-19-17-29(25(31)27-24(19)30)23-16-20(28(5)33-23)18-32-34(26(2,3)4,21-12-8-6-9-13-21)22-14-10-7-11-15-22/h6-15,17,20,23H,16,18H2,1-5H3,(H,27,30,31)/t20-,23+/m1/s1. The number of aromatic amines is 1. The van der Waals surface area contributed by atoms with E-state index in [1.165, 1.54) is 14.9 Å². The van der Waals surface area contributed by atoms with Crippen LogP contribution in [0.15, 0.2) is 76.4 Å². The van der Waals surface area contributed by atoms with Gasteiger partial charge in [-0.1, -0.05) is 81.4 Å². The van der Waals surface area contributed by atoms with Crippen LogP contribution in [0.2, 0.25) is 5.04 Å². The molecule has 1 aromatic heterocycles. The lowest BCUT2D eigenvalue weighted by atomic mass is 10.2. The van der Waals surface area contributed by atoms with Crippen LogP contribution in [0.4, 0.5) is 0 Å². The van der Waals surface area contributed by atoms with Gasteiger partial charge in [0.2, 0.25) is 0 Å². The highest BCUT2D eigenvalue weighted by Crippen LogP contribution is 2.37. The molecule has 34 heavy (non-hydrogen) atoms. The van der Waals surface area contributed by atoms with Crippen molar-refractivity contribution in [2.75, 3.05) is 13.7 Å². The van der Waals surface area contributed by atoms with E-state index in [9.17, 15) is 9.59 Å². The number of nitrogens with zero attached hydrogens (tertiary/aromatic N) is 2. The maximum atomic E-state index is 12.4. The molecule has 0 bridgehead atoms. The van der Waals surface area contributed by atoms with Gasteiger partial charge in [0.05, 0.1) is 12.6 Å². The van der Waals surface area contributed by atoms with E-state index >= 15 is 0 Å². The Morgan fingerprint density at radius 1 is 1.03 bits per heavy atom. The van der Waals surface area contributed by atoms with Gasteiger partial charge in [-0.15, -0.1) is 0 Å². The molecule has 0 unspecified atom stereocenters. The smallest absolute Gasteiger partial charge is 0.330 e. The zero-order chi connectivity index (χ0) is 24.5. The number of nitrogens with one attached hydrogen (secondary N) is 1. The van der Waals surface area contributed by atoms with Gasteiger partial charge < -0.3 is 4.43 Å². The fourth-order valence-electron chi connectivity index (χ4n) is 4.82. The summed E-state index contributed by atoms with van der Waals surface area (Å²) in [6.45, 7) is 8.88. The van der Waals surface area contributed by atoms with E-state index in [2.05, 4.69) is 74.3 Å². The number of hydrogen-bond acceptors (Lipinski definition) is 5. The first kappa shape index (κ1) is 24.3. The van der Waals surface area contributed by atoms with E-state index in [0.29, 0.717) is 18.6 Å². The van der Waals surface area contributed by atoms with Crippen LogP contribution in [0.5, 0.6) is 0 Å². The van der Waals surface area contributed by atoms with Gasteiger partial charge >= 0.3 is 5.69 Å². The van der Waals surface area contributed by atoms with Gasteiger partial charge in [0.25, 0.3) is 13.9 Å². The molecule has 0 saturated carbocycles. The molecule has 4 rings (SSSR count). The van der Waals surface area contributed by atoms with E-state index in [0.717, 1.165) is 0 Å². The number of aromatic nitrogens is 2. The first-order chi connectivity index (χ1) is 16.1. The van der Waals surface area contributed by atoms with Crippen molar-refractivity contribution in [1.29, 1.82) is 0 Å². The summed E-state index contributed by atoms with van der Waals surface area (Å²) in [5, 5.41) is 4.09. The van der Waals surface area contributed by atoms with Crippen LogP contribution in [-0.2, 0) is 9.26 Å². The lowest BCUT2D eigenvalue weighted by Crippen LogP contribution is -2.67. The number of benzene rings is 2. The molecule has 1 N–H and O–H groups in total. The van der Waals surface area contributed by atoms with Crippen molar-refractivity contribution in [3.63, 3.8) is 0 Å². The molecule has 3 aromatic rings. The monoisotopic (exact) mass is 479 g/mol. The Morgan fingerprint density at radius 2 is 1.59 bits per heavy atom. The molecule has 2 aromatic carbocycles. The van der Waals surface area contributed by atoms with Crippen LogP contribution in [0.1, 0.15) is 39.0 Å². The first-order valence-corrected chi connectivity index (χ1v) is 13.5. The van der Waals surface area contributed by atoms with Gasteiger partial charge in [-0.05, 0) is 22.3 Å². The third kappa shape index (κ3) is 4.46. The summed E-state index contributed by atoms with van der Waals surface area (Å²) in [6.07, 6.45) is 1.63. The average Bonchev–Trinajstić information content (AvgIpc) is 3.17. The highest BCUT2D eigenvalue weighted by molar-refractivity contribution is 6.99. The molecule has 0 amide bonds. The Hall–Kier alpha value is -2.78. The molecular weight excluding hydrogens is 446 g/mol. The number of aryl methyl sites for hydroxylation is 1. The van der Waals surface area contributed by atoms with Crippen LogP contribution in [0.3, 0.4) is 0 Å². The second kappa shape index (κ2) is 9.46. The van der Waals surface area contributed by atoms with Crippen LogP contribution < -0.4 is 21.6 Å². The maximum absolute atomic E-state index is 12.4. The lowest BCUT2D eigenvalue weighted by molar-refractivity contribution is -0.169. The fraction of sp³-hybridized carbons (Fsp3) is 0.385. The zero-order valence-corrected chi connectivity index (χ0v) is 21.4. The molecule has 1 fully saturated rings. The zero-order valence-electron chi connectivity index (χ0n) is 20.4. The van der Waals surface area contributed by atoms with Gasteiger partial charge in [-0.3, -0.25) is 19.2 Å². The van der Waals surface area contributed by atoms with Crippen molar-refractivity contribution in [2.45, 2.75) is 51.4 Å². The average molecular weight is 480 g/mol. The Kier molecular flexibility index (Phi) is 6.77. The fourth-order valence-corrected chi connectivity index (χ4v) is 9.42. The van der Waals surface area contributed by atoms with E-state index in [1.807, 2.05) is 19.2 Å². The van der Waals surface area contributed by atoms with Gasteiger partial charge in [-0.2, -0.15) is 5.06 Å². The molecule has 0 radical (unpaired) electrons. The molecule has 180 valence electrons. The normalized spacial score (nSPS) is 19.4. The molecule has 1 aliphatic rings. The molecule has 7 nitrogen and oxygen atoms in total. The second-order valence-electron chi connectivity index (χ2n) is 9.95. The van der Waals surface area contributed by atoms with Crippen LogP contribution in [0.25, 0.3) is 0 Å². The molecule has 2 heterocycles. The largest absolute Gasteiger partial charge is 0.406 e. The SMILES string of the molecule is Cc1cn([C@@H]2C[C@H](CO[Si](c3ccccc3)(c3ccccc3)C(C)(C)C)N(C)O2)c(=O)[nH]c1=O. The highest BCUT2D eigenvalue weighted by Gasteiger charge is 2.51. The minimum atomic E-state index is -2.67. The van der Waals surface area contributed by atoms with E-state index in [-0.39, 0.29) is 16.6 Å². The van der Waals surface area contributed by atoms with Gasteiger partial charge in [-0.25, -0.2) is 4.79 Å².